The summed E-state index contributed by atoms with van der Waals surface area (Å²) in [6.07, 6.45) is -0.838. The lowest BCUT2D eigenvalue weighted by Crippen LogP contribution is -2.41. The summed E-state index contributed by atoms with van der Waals surface area (Å²) in [5.41, 5.74) is -1.22. The third-order valence-corrected chi connectivity index (χ3v) is 5.16. The number of ether oxygens (including phenoxy) is 2. The predicted octanol–water partition coefficient (Wildman–Crippen LogP) is 0.769. The van der Waals surface area contributed by atoms with Crippen LogP contribution in [0.2, 0.25) is 0 Å². The quantitative estimate of drug-likeness (QED) is 0.208. The smallest absolute Gasteiger partial charge is 0.335 e. The lowest BCUT2D eigenvalue weighted by molar-refractivity contribution is -0.162. The molecule has 0 aliphatic carbocycles. The number of carbonyl (C=O) groups is 3. The summed E-state index contributed by atoms with van der Waals surface area (Å²) in [5, 5.41) is 12.7. The van der Waals surface area contributed by atoms with Gasteiger partial charge in [0.05, 0.1) is 25.6 Å². The van der Waals surface area contributed by atoms with Crippen LogP contribution < -0.4 is 5.32 Å². The Morgan fingerprint density at radius 3 is 2.23 bits per heavy atom. The number of rotatable bonds is 15. The first kappa shape index (κ1) is 28.3. The molecule has 1 atom stereocenters. The second-order valence-corrected chi connectivity index (χ2v) is 9.85. The Morgan fingerprint density at radius 1 is 1.07 bits per heavy atom. The predicted molar refractivity (Wildman–Crippen MR) is 109 cm³/mol. The van der Waals surface area contributed by atoms with Crippen molar-refractivity contribution < 1.29 is 41.6 Å². The molecule has 0 saturated heterocycles. The van der Waals surface area contributed by atoms with E-state index in [2.05, 4.69) is 5.32 Å². The maximum absolute atomic E-state index is 12.0. The molecule has 0 heterocycles. The molecule has 0 aromatic heterocycles. The molecule has 10 nitrogen and oxygen atoms in total. The van der Waals surface area contributed by atoms with Crippen molar-refractivity contribution >= 4 is 28.0 Å². The van der Waals surface area contributed by atoms with Gasteiger partial charge in [-0.15, -0.1) is 0 Å². The molecule has 0 aromatic carbocycles. The summed E-state index contributed by atoms with van der Waals surface area (Å²) in [4.78, 5) is 34.2. The Bertz CT molecular complexity index is 659. The van der Waals surface area contributed by atoms with E-state index in [1.54, 1.807) is 0 Å². The van der Waals surface area contributed by atoms with Crippen molar-refractivity contribution in [2.75, 3.05) is 32.1 Å². The summed E-state index contributed by atoms with van der Waals surface area (Å²) in [7, 11) is -3.88. The van der Waals surface area contributed by atoms with Crippen molar-refractivity contribution in [1.82, 2.24) is 5.32 Å². The van der Waals surface area contributed by atoms with Crippen LogP contribution >= 0.6 is 0 Å². The van der Waals surface area contributed by atoms with Crippen LogP contribution in [-0.4, -0.2) is 69.6 Å². The minimum Gasteiger partial charge on any atom is -0.466 e. The number of hydrogen-bond donors (Lipinski definition) is 2. The molecule has 0 radical (unpaired) electrons. The van der Waals surface area contributed by atoms with Gasteiger partial charge in [0.2, 0.25) is 5.91 Å². The normalized spacial score (nSPS) is 13.0. The SMILES string of the molecule is CC(=O)NCCCS(=O)(=O)OCC(C)(C)[C@@H](O)C(=O)OCCCOC(=O)CC(C)C. The van der Waals surface area contributed by atoms with E-state index in [1.807, 2.05) is 13.8 Å². The summed E-state index contributed by atoms with van der Waals surface area (Å²) >= 11 is 0. The van der Waals surface area contributed by atoms with E-state index >= 15 is 0 Å². The van der Waals surface area contributed by atoms with Gasteiger partial charge in [0.25, 0.3) is 10.1 Å². The maximum Gasteiger partial charge on any atom is 0.335 e. The van der Waals surface area contributed by atoms with Crippen LogP contribution in [0.3, 0.4) is 0 Å². The van der Waals surface area contributed by atoms with Gasteiger partial charge in [-0.25, -0.2) is 4.79 Å². The number of carbonyl (C=O) groups excluding carboxylic acids is 3. The Kier molecular flexibility index (Phi) is 12.8. The summed E-state index contributed by atoms with van der Waals surface area (Å²) in [5.74, 6) is -1.62. The first-order chi connectivity index (χ1) is 13.8. The van der Waals surface area contributed by atoms with Crippen molar-refractivity contribution in [3.63, 3.8) is 0 Å². The van der Waals surface area contributed by atoms with Crippen LogP contribution in [-0.2, 0) is 38.2 Å². The molecule has 0 unspecified atom stereocenters. The summed E-state index contributed by atoms with van der Waals surface area (Å²) in [6, 6.07) is 0. The number of esters is 2. The van der Waals surface area contributed by atoms with E-state index in [4.69, 9.17) is 13.7 Å². The zero-order valence-electron chi connectivity index (χ0n) is 18.4. The highest BCUT2D eigenvalue weighted by molar-refractivity contribution is 7.86. The lowest BCUT2D eigenvalue weighted by atomic mass is 9.88. The second kappa shape index (κ2) is 13.6. The van der Waals surface area contributed by atoms with Gasteiger partial charge in [0.1, 0.15) is 0 Å². The van der Waals surface area contributed by atoms with E-state index in [0.29, 0.717) is 6.42 Å². The Morgan fingerprint density at radius 2 is 1.67 bits per heavy atom. The van der Waals surface area contributed by atoms with E-state index < -0.39 is 34.2 Å². The monoisotopic (exact) mass is 453 g/mol. The number of hydrogen-bond acceptors (Lipinski definition) is 9. The highest BCUT2D eigenvalue weighted by Gasteiger charge is 2.36. The largest absolute Gasteiger partial charge is 0.466 e. The number of aliphatic hydroxyl groups is 1. The molecule has 0 saturated carbocycles. The maximum atomic E-state index is 12.0. The van der Waals surface area contributed by atoms with Crippen molar-refractivity contribution in [2.45, 2.75) is 60.0 Å². The molecule has 11 heteroatoms. The Labute approximate surface area is 178 Å². The molecule has 0 fully saturated rings. The molecular weight excluding hydrogens is 418 g/mol. The van der Waals surface area contributed by atoms with Crippen LogP contribution in [0.15, 0.2) is 0 Å². The zero-order valence-corrected chi connectivity index (χ0v) is 19.2. The molecule has 0 aromatic rings. The molecule has 0 aliphatic heterocycles. The van der Waals surface area contributed by atoms with Gasteiger partial charge in [0, 0.05) is 31.7 Å². The minimum absolute atomic E-state index is 0.0523. The average molecular weight is 454 g/mol. The van der Waals surface area contributed by atoms with Gasteiger partial charge in [-0.2, -0.15) is 8.42 Å². The first-order valence-corrected chi connectivity index (χ1v) is 11.5. The van der Waals surface area contributed by atoms with Crippen molar-refractivity contribution in [2.24, 2.45) is 11.3 Å². The molecule has 30 heavy (non-hydrogen) atoms. The van der Waals surface area contributed by atoms with E-state index in [-0.39, 0.29) is 56.1 Å². The Hall–Kier alpha value is -1.72. The highest BCUT2D eigenvalue weighted by Crippen LogP contribution is 2.23. The molecule has 0 bridgehead atoms. The number of amides is 1. The third kappa shape index (κ3) is 13.5. The molecule has 0 rings (SSSR count). The lowest BCUT2D eigenvalue weighted by Gasteiger charge is -2.28. The van der Waals surface area contributed by atoms with E-state index in [0.717, 1.165) is 0 Å². The molecule has 0 spiro atoms. The van der Waals surface area contributed by atoms with Gasteiger partial charge in [-0.3, -0.25) is 13.8 Å². The van der Waals surface area contributed by atoms with Gasteiger partial charge in [-0.05, 0) is 12.3 Å². The van der Waals surface area contributed by atoms with Gasteiger partial charge in [-0.1, -0.05) is 27.7 Å². The molecular formula is C19H35NO9S. The van der Waals surface area contributed by atoms with Gasteiger partial charge < -0.3 is 19.9 Å². The highest BCUT2D eigenvalue weighted by atomic mass is 32.2. The fourth-order valence-electron chi connectivity index (χ4n) is 2.10. The van der Waals surface area contributed by atoms with Crippen molar-refractivity contribution in [3.8, 4) is 0 Å². The van der Waals surface area contributed by atoms with Gasteiger partial charge in [0.15, 0.2) is 6.10 Å². The average Bonchev–Trinajstić information content (AvgIpc) is 2.62. The van der Waals surface area contributed by atoms with Crippen molar-refractivity contribution in [1.29, 1.82) is 0 Å². The van der Waals surface area contributed by atoms with E-state index in [9.17, 15) is 27.9 Å². The number of aliphatic hydroxyl groups excluding tert-OH is 1. The summed E-state index contributed by atoms with van der Waals surface area (Å²) < 4.78 is 38.7. The zero-order chi connectivity index (χ0) is 23.4. The Balaban J connectivity index is 4.27. The molecule has 0 aliphatic rings. The fraction of sp³-hybridized carbons (Fsp3) is 0.842. The van der Waals surface area contributed by atoms with Gasteiger partial charge >= 0.3 is 11.9 Å². The molecule has 1 amide bonds. The minimum atomic E-state index is -3.88. The van der Waals surface area contributed by atoms with Crippen molar-refractivity contribution in [3.05, 3.63) is 0 Å². The van der Waals surface area contributed by atoms with Crippen LogP contribution in [0.25, 0.3) is 0 Å². The van der Waals surface area contributed by atoms with E-state index in [1.165, 1.54) is 20.8 Å². The first-order valence-electron chi connectivity index (χ1n) is 9.88. The second-order valence-electron chi connectivity index (χ2n) is 8.09. The topological polar surface area (TPSA) is 145 Å². The van der Waals surface area contributed by atoms with Crippen LogP contribution in [0.4, 0.5) is 0 Å². The third-order valence-electron chi connectivity index (χ3n) is 3.89. The van der Waals surface area contributed by atoms with Crippen LogP contribution in [0.1, 0.15) is 53.9 Å². The molecule has 2 N–H and O–H groups in total. The standard InChI is InChI=1S/C19H35NO9S/c1-14(2)12-16(22)27-9-7-10-28-18(24)17(23)19(4,5)13-29-30(25,26)11-6-8-20-15(3)21/h14,17,23H,6-13H2,1-5H3,(H,20,21)/t17-/m0/s1. The van der Waals surface area contributed by atoms with Crippen LogP contribution in [0, 0.1) is 11.3 Å². The number of nitrogens with one attached hydrogen (secondary N) is 1. The summed E-state index contributed by atoms with van der Waals surface area (Å²) in [6.45, 7) is 7.88. The molecule has 176 valence electrons. The fourth-order valence-corrected chi connectivity index (χ4v) is 3.20. The van der Waals surface area contributed by atoms with Crippen LogP contribution in [0.5, 0.6) is 0 Å².